The minimum atomic E-state index is -0.765. The van der Waals surface area contributed by atoms with Crippen LogP contribution in [0.25, 0.3) is 5.57 Å². The van der Waals surface area contributed by atoms with Crippen molar-refractivity contribution in [1.29, 1.82) is 0 Å². The first kappa shape index (κ1) is 15.8. The van der Waals surface area contributed by atoms with Crippen molar-refractivity contribution in [2.24, 2.45) is 11.1 Å². The van der Waals surface area contributed by atoms with Crippen molar-refractivity contribution in [3.63, 3.8) is 0 Å². The normalized spacial score (nSPS) is 26.8. The molecule has 114 valence electrons. The van der Waals surface area contributed by atoms with Crippen LogP contribution in [0.4, 0.5) is 5.69 Å². The first-order valence-electron chi connectivity index (χ1n) is 7.31. The van der Waals surface area contributed by atoms with E-state index in [0.29, 0.717) is 0 Å². The Hall–Kier alpha value is -1.58. The molecular formula is C18H26N2O. The molecule has 0 aliphatic heterocycles. The van der Waals surface area contributed by atoms with Gasteiger partial charge < -0.3 is 16.6 Å². The first-order chi connectivity index (χ1) is 9.58. The number of rotatable bonds is 1. The van der Waals surface area contributed by atoms with Gasteiger partial charge in [-0.1, -0.05) is 39.0 Å². The Morgan fingerprint density at radius 3 is 2.10 bits per heavy atom. The van der Waals surface area contributed by atoms with Gasteiger partial charge in [-0.15, -0.1) is 0 Å². The predicted molar refractivity (Wildman–Crippen MR) is 89.6 cm³/mol. The van der Waals surface area contributed by atoms with Gasteiger partial charge in [-0.25, -0.2) is 0 Å². The van der Waals surface area contributed by atoms with E-state index < -0.39 is 11.6 Å². The summed E-state index contributed by atoms with van der Waals surface area (Å²) < 4.78 is 0. The molecule has 0 radical (unpaired) electrons. The van der Waals surface area contributed by atoms with Gasteiger partial charge >= 0.3 is 0 Å². The fourth-order valence-electron chi connectivity index (χ4n) is 3.05. The van der Waals surface area contributed by atoms with Crippen molar-refractivity contribution >= 4 is 11.3 Å². The number of benzene rings is 1. The Labute approximate surface area is 127 Å². The fourth-order valence-corrected chi connectivity index (χ4v) is 3.05. The monoisotopic (exact) mass is 286 g/mol. The van der Waals surface area contributed by atoms with Crippen molar-refractivity contribution in [2.45, 2.75) is 46.3 Å². The SMILES string of the molecule is CC1=CC(N)(C(C)(C)C)C(O)C(C)=C1c1ccc(N)cc1. The van der Waals surface area contributed by atoms with E-state index >= 15 is 0 Å². The second kappa shape index (κ2) is 5.00. The van der Waals surface area contributed by atoms with Gasteiger partial charge in [-0.3, -0.25) is 0 Å². The van der Waals surface area contributed by atoms with Crippen LogP contribution < -0.4 is 11.5 Å². The zero-order valence-corrected chi connectivity index (χ0v) is 13.6. The number of anilines is 1. The molecule has 0 aromatic heterocycles. The molecule has 0 saturated heterocycles. The summed E-state index contributed by atoms with van der Waals surface area (Å²) in [4.78, 5) is 0. The largest absolute Gasteiger partial charge is 0.399 e. The molecule has 0 spiro atoms. The van der Waals surface area contributed by atoms with Gasteiger partial charge in [-0.05, 0) is 53.7 Å². The molecule has 1 aromatic rings. The number of hydrogen-bond donors (Lipinski definition) is 3. The quantitative estimate of drug-likeness (QED) is 0.695. The number of hydrogen-bond acceptors (Lipinski definition) is 3. The molecule has 5 N–H and O–H groups in total. The van der Waals surface area contributed by atoms with Crippen molar-refractivity contribution in [3.05, 3.63) is 47.1 Å². The Balaban J connectivity index is 2.56. The topological polar surface area (TPSA) is 72.3 Å². The maximum Gasteiger partial charge on any atom is 0.0977 e. The molecule has 2 unspecified atom stereocenters. The van der Waals surface area contributed by atoms with Crippen LogP contribution in [0.3, 0.4) is 0 Å². The number of nitrogens with two attached hydrogens (primary N) is 2. The molecule has 0 amide bonds. The molecule has 0 saturated carbocycles. The second-order valence-electron chi connectivity index (χ2n) is 7.09. The van der Waals surface area contributed by atoms with Gasteiger partial charge in [0.15, 0.2) is 0 Å². The van der Waals surface area contributed by atoms with Gasteiger partial charge in [0.1, 0.15) is 0 Å². The van der Waals surface area contributed by atoms with Crippen LogP contribution in [0.1, 0.15) is 40.2 Å². The maximum atomic E-state index is 10.8. The third kappa shape index (κ3) is 2.52. The molecule has 1 aliphatic carbocycles. The summed E-state index contributed by atoms with van der Waals surface area (Å²) in [6.07, 6.45) is 1.31. The summed E-state index contributed by atoms with van der Waals surface area (Å²) in [6.45, 7) is 10.2. The van der Waals surface area contributed by atoms with Gasteiger partial charge in [0.25, 0.3) is 0 Å². The third-order valence-electron chi connectivity index (χ3n) is 4.61. The maximum absolute atomic E-state index is 10.8. The standard InChI is InChI=1S/C18H26N2O/c1-11-10-18(20,17(3,4)5)16(21)12(2)15(11)13-6-8-14(19)9-7-13/h6-10,16,21H,19-20H2,1-5H3. The lowest BCUT2D eigenvalue weighted by Crippen LogP contribution is -2.60. The Bertz CT molecular complexity index is 605. The Morgan fingerprint density at radius 2 is 1.62 bits per heavy atom. The second-order valence-corrected chi connectivity index (χ2v) is 7.09. The smallest absolute Gasteiger partial charge is 0.0977 e. The predicted octanol–water partition coefficient (Wildman–Crippen LogP) is 3.11. The molecule has 2 atom stereocenters. The van der Waals surface area contributed by atoms with Gasteiger partial charge in [0.05, 0.1) is 11.6 Å². The average Bonchev–Trinajstić information content (AvgIpc) is 2.37. The van der Waals surface area contributed by atoms with Crippen LogP contribution in [0, 0.1) is 5.41 Å². The molecular weight excluding hydrogens is 260 g/mol. The molecule has 1 aromatic carbocycles. The minimum absolute atomic E-state index is 0.235. The lowest BCUT2D eigenvalue weighted by molar-refractivity contribution is 0.0697. The van der Waals surface area contributed by atoms with E-state index in [1.54, 1.807) is 0 Å². The minimum Gasteiger partial charge on any atom is -0.399 e. The van der Waals surface area contributed by atoms with Crippen LogP contribution in [0.5, 0.6) is 0 Å². The highest BCUT2D eigenvalue weighted by Gasteiger charge is 2.46. The lowest BCUT2D eigenvalue weighted by Gasteiger charge is -2.46. The summed E-state index contributed by atoms with van der Waals surface area (Å²) in [5, 5.41) is 10.8. The van der Waals surface area contributed by atoms with Crippen molar-refractivity contribution < 1.29 is 5.11 Å². The molecule has 0 bridgehead atoms. The Kier molecular flexibility index (Phi) is 3.77. The average molecular weight is 286 g/mol. The van der Waals surface area contributed by atoms with E-state index in [1.807, 2.05) is 37.3 Å². The highest BCUT2D eigenvalue weighted by Crippen LogP contribution is 2.43. The first-order valence-corrected chi connectivity index (χ1v) is 7.31. The molecule has 1 aliphatic rings. The summed E-state index contributed by atoms with van der Waals surface area (Å²) in [5.41, 5.74) is 16.2. The third-order valence-corrected chi connectivity index (χ3v) is 4.61. The number of nitrogen functional groups attached to an aromatic ring is 1. The van der Waals surface area contributed by atoms with E-state index in [1.165, 1.54) is 0 Å². The van der Waals surface area contributed by atoms with Crippen LogP contribution >= 0.6 is 0 Å². The van der Waals surface area contributed by atoms with E-state index in [4.69, 9.17) is 11.5 Å². The zero-order valence-electron chi connectivity index (χ0n) is 13.6. The van der Waals surface area contributed by atoms with E-state index in [-0.39, 0.29) is 5.41 Å². The van der Waals surface area contributed by atoms with Gasteiger partial charge in [-0.2, -0.15) is 0 Å². The van der Waals surface area contributed by atoms with Crippen molar-refractivity contribution in [2.75, 3.05) is 5.73 Å². The number of aliphatic hydroxyl groups excluding tert-OH is 1. The van der Waals surface area contributed by atoms with Crippen LogP contribution in [-0.4, -0.2) is 16.7 Å². The van der Waals surface area contributed by atoms with Gasteiger partial charge in [0, 0.05) is 5.69 Å². The molecule has 3 nitrogen and oxygen atoms in total. The van der Waals surface area contributed by atoms with E-state index in [2.05, 4.69) is 27.7 Å². The van der Waals surface area contributed by atoms with Crippen LogP contribution in [0.15, 0.2) is 41.5 Å². The highest BCUT2D eigenvalue weighted by atomic mass is 16.3. The number of allylic oxidation sites excluding steroid dienone is 2. The fraction of sp³-hybridized carbons (Fsp3) is 0.444. The molecule has 0 heterocycles. The summed E-state index contributed by atoms with van der Waals surface area (Å²) in [5.74, 6) is 0. The Morgan fingerprint density at radius 1 is 1.10 bits per heavy atom. The molecule has 21 heavy (non-hydrogen) atoms. The summed E-state index contributed by atoms with van der Waals surface area (Å²) in [6, 6.07) is 7.73. The highest BCUT2D eigenvalue weighted by molar-refractivity contribution is 5.83. The molecule has 3 heteroatoms. The summed E-state index contributed by atoms with van der Waals surface area (Å²) in [7, 11) is 0. The zero-order chi connectivity index (χ0) is 16.0. The van der Waals surface area contributed by atoms with Gasteiger partial charge in [0.2, 0.25) is 0 Å². The van der Waals surface area contributed by atoms with E-state index in [0.717, 1.165) is 28.0 Å². The van der Waals surface area contributed by atoms with Crippen LogP contribution in [0.2, 0.25) is 0 Å². The number of aliphatic hydroxyl groups is 1. The van der Waals surface area contributed by atoms with Crippen molar-refractivity contribution in [1.82, 2.24) is 0 Å². The lowest BCUT2D eigenvalue weighted by atomic mass is 9.64. The molecule has 2 rings (SSSR count). The summed E-state index contributed by atoms with van der Waals surface area (Å²) >= 11 is 0. The van der Waals surface area contributed by atoms with Crippen molar-refractivity contribution in [3.8, 4) is 0 Å². The van der Waals surface area contributed by atoms with Crippen LogP contribution in [-0.2, 0) is 0 Å². The molecule has 0 fully saturated rings. The van der Waals surface area contributed by atoms with E-state index in [9.17, 15) is 5.11 Å².